The van der Waals surface area contributed by atoms with E-state index in [0.29, 0.717) is 6.16 Å². The van der Waals surface area contributed by atoms with E-state index in [2.05, 4.69) is 5.32 Å². The lowest BCUT2D eigenvalue weighted by Crippen LogP contribution is -2.27. The number of rotatable bonds is 10. The van der Waals surface area contributed by atoms with E-state index in [1.807, 2.05) is 13.8 Å². The maximum atomic E-state index is 11.8. The van der Waals surface area contributed by atoms with Gasteiger partial charge in [-0.3, -0.25) is 4.57 Å². The van der Waals surface area contributed by atoms with Crippen LogP contribution in [0.25, 0.3) is 0 Å². The molecule has 1 rings (SSSR count). The standard InChI is InChI=1S/C15H32NO3P/c1-3-14(2)19-20(17,18)13-7-5-4-6-8-15-9-11-16-12-10-15/h14-16H,3-13H2,1-2H3,(H,17,18). The summed E-state index contributed by atoms with van der Waals surface area (Å²) in [5.74, 6) is 0.897. The molecule has 0 aromatic rings. The van der Waals surface area contributed by atoms with Crippen molar-refractivity contribution in [3.05, 3.63) is 0 Å². The van der Waals surface area contributed by atoms with Gasteiger partial charge in [-0.15, -0.1) is 0 Å². The molecule has 2 atom stereocenters. The summed E-state index contributed by atoms with van der Waals surface area (Å²) in [5, 5.41) is 3.39. The van der Waals surface area contributed by atoms with Crippen molar-refractivity contribution in [1.82, 2.24) is 5.32 Å². The van der Waals surface area contributed by atoms with Crippen molar-refractivity contribution in [2.45, 2.75) is 71.3 Å². The minimum atomic E-state index is -3.35. The smallest absolute Gasteiger partial charge is 0.324 e. The van der Waals surface area contributed by atoms with Gasteiger partial charge in [-0.05, 0) is 51.6 Å². The number of hydrogen-bond acceptors (Lipinski definition) is 3. The van der Waals surface area contributed by atoms with Crippen LogP contribution >= 0.6 is 7.60 Å². The summed E-state index contributed by atoms with van der Waals surface area (Å²) >= 11 is 0. The molecule has 0 aliphatic carbocycles. The number of piperidine rings is 1. The monoisotopic (exact) mass is 305 g/mol. The van der Waals surface area contributed by atoms with E-state index in [1.165, 1.54) is 45.2 Å². The maximum Gasteiger partial charge on any atom is 0.328 e. The first-order chi connectivity index (χ1) is 9.53. The molecule has 5 heteroatoms. The highest BCUT2D eigenvalue weighted by molar-refractivity contribution is 7.52. The van der Waals surface area contributed by atoms with Crippen molar-refractivity contribution < 1.29 is 14.0 Å². The van der Waals surface area contributed by atoms with Crippen LogP contribution in [0.15, 0.2) is 0 Å². The molecule has 0 aromatic carbocycles. The maximum absolute atomic E-state index is 11.8. The van der Waals surface area contributed by atoms with E-state index in [4.69, 9.17) is 4.52 Å². The Labute approximate surface area is 124 Å². The van der Waals surface area contributed by atoms with E-state index >= 15 is 0 Å². The highest BCUT2D eigenvalue weighted by Gasteiger charge is 2.21. The van der Waals surface area contributed by atoms with Gasteiger partial charge in [0.1, 0.15) is 0 Å². The van der Waals surface area contributed by atoms with Gasteiger partial charge >= 0.3 is 7.60 Å². The summed E-state index contributed by atoms with van der Waals surface area (Å²) in [4.78, 5) is 9.70. The van der Waals surface area contributed by atoms with Gasteiger partial charge in [0.25, 0.3) is 0 Å². The minimum Gasteiger partial charge on any atom is -0.324 e. The molecule has 1 fully saturated rings. The number of unbranched alkanes of at least 4 members (excludes halogenated alkanes) is 3. The molecule has 0 aromatic heterocycles. The summed E-state index contributed by atoms with van der Waals surface area (Å²) in [5.41, 5.74) is 0. The second-order valence-corrected chi connectivity index (χ2v) is 8.01. The fraction of sp³-hybridized carbons (Fsp3) is 1.00. The molecule has 0 spiro atoms. The Kier molecular flexibility index (Phi) is 9.03. The molecule has 0 bridgehead atoms. The van der Waals surface area contributed by atoms with Crippen LogP contribution in [0.4, 0.5) is 0 Å². The normalized spacial score (nSPS) is 21.6. The molecule has 2 unspecified atom stereocenters. The zero-order valence-corrected chi connectivity index (χ0v) is 14.0. The Morgan fingerprint density at radius 2 is 1.90 bits per heavy atom. The molecule has 0 saturated carbocycles. The van der Waals surface area contributed by atoms with Crippen molar-refractivity contribution in [3.63, 3.8) is 0 Å². The second-order valence-electron chi connectivity index (χ2n) is 6.08. The summed E-state index contributed by atoms with van der Waals surface area (Å²) in [6, 6.07) is 0. The van der Waals surface area contributed by atoms with E-state index in [1.54, 1.807) is 0 Å². The van der Waals surface area contributed by atoms with Crippen LogP contribution in [-0.2, 0) is 9.09 Å². The molecular weight excluding hydrogens is 273 g/mol. The summed E-state index contributed by atoms with van der Waals surface area (Å²) < 4.78 is 17.0. The molecule has 1 aliphatic heterocycles. The molecule has 1 heterocycles. The fourth-order valence-electron chi connectivity index (χ4n) is 2.68. The lowest BCUT2D eigenvalue weighted by molar-refractivity contribution is 0.185. The van der Waals surface area contributed by atoms with Gasteiger partial charge < -0.3 is 14.7 Å². The number of nitrogens with one attached hydrogen (secondary N) is 1. The van der Waals surface area contributed by atoms with Crippen molar-refractivity contribution in [2.75, 3.05) is 19.3 Å². The second kappa shape index (κ2) is 9.94. The van der Waals surface area contributed by atoms with Crippen LogP contribution in [0, 0.1) is 5.92 Å². The van der Waals surface area contributed by atoms with E-state index in [-0.39, 0.29) is 6.10 Å². The first kappa shape index (κ1) is 18.2. The van der Waals surface area contributed by atoms with Gasteiger partial charge in [0.15, 0.2) is 0 Å². The fourth-order valence-corrected chi connectivity index (χ4v) is 4.12. The quantitative estimate of drug-likeness (QED) is 0.474. The van der Waals surface area contributed by atoms with E-state index in [0.717, 1.165) is 25.2 Å². The first-order valence-electron chi connectivity index (χ1n) is 8.24. The molecular formula is C15H32NO3P. The van der Waals surface area contributed by atoms with Crippen LogP contribution in [0.1, 0.15) is 65.2 Å². The predicted octanol–water partition coefficient (Wildman–Crippen LogP) is 3.94. The molecule has 120 valence electrons. The predicted molar refractivity (Wildman–Crippen MR) is 84.2 cm³/mol. The van der Waals surface area contributed by atoms with Crippen LogP contribution < -0.4 is 5.32 Å². The van der Waals surface area contributed by atoms with Crippen molar-refractivity contribution in [2.24, 2.45) is 5.92 Å². The van der Waals surface area contributed by atoms with Crippen molar-refractivity contribution >= 4 is 7.60 Å². The largest absolute Gasteiger partial charge is 0.328 e. The molecule has 0 radical (unpaired) electrons. The van der Waals surface area contributed by atoms with Gasteiger partial charge in [0.2, 0.25) is 0 Å². The van der Waals surface area contributed by atoms with Gasteiger partial charge in [0.05, 0.1) is 6.10 Å². The Morgan fingerprint density at radius 1 is 1.25 bits per heavy atom. The van der Waals surface area contributed by atoms with Crippen molar-refractivity contribution in [3.8, 4) is 0 Å². The average Bonchev–Trinajstić information content (AvgIpc) is 2.43. The van der Waals surface area contributed by atoms with Gasteiger partial charge in [-0.25, -0.2) is 0 Å². The molecule has 4 nitrogen and oxygen atoms in total. The average molecular weight is 305 g/mol. The highest BCUT2D eigenvalue weighted by Crippen LogP contribution is 2.44. The van der Waals surface area contributed by atoms with Crippen molar-refractivity contribution in [1.29, 1.82) is 0 Å². The summed E-state index contributed by atoms with van der Waals surface area (Å²) in [7, 11) is -3.35. The number of hydrogen-bond donors (Lipinski definition) is 2. The summed E-state index contributed by atoms with van der Waals surface area (Å²) in [6.45, 7) is 6.16. The Balaban J connectivity index is 1.99. The third-order valence-electron chi connectivity index (χ3n) is 4.18. The lowest BCUT2D eigenvalue weighted by atomic mass is 9.92. The van der Waals surface area contributed by atoms with Crippen LogP contribution in [0.5, 0.6) is 0 Å². The Hall–Kier alpha value is 0.110. The van der Waals surface area contributed by atoms with Gasteiger partial charge in [-0.2, -0.15) is 0 Å². The van der Waals surface area contributed by atoms with Crippen LogP contribution in [0.2, 0.25) is 0 Å². The van der Waals surface area contributed by atoms with E-state index < -0.39 is 7.60 Å². The zero-order chi connectivity index (χ0) is 14.8. The Bertz CT molecular complexity index is 293. The molecule has 20 heavy (non-hydrogen) atoms. The molecule has 1 aliphatic rings. The molecule has 2 N–H and O–H groups in total. The van der Waals surface area contributed by atoms with Gasteiger partial charge in [-0.1, -0.05) is 32.6 Å². The Morgan fingerprint density at radius 3 is 2.55 bits per heavy atom. The molecule has 0 amide bonds. The van der Waals surface area contributed by atoms with Crippen LogP contribution in [0.3, 0.4) is 0 Å². The SMILES string of the molecule is CCC(C)OP(=O)(O)CCCCCCC1CCNCC1. The summed E-state index contributed by atoms with van der Waals surface area (Å²) in [6.07, 6.45) is 9.19. The van der Waals surface area contributed by atoms with E-state index in [9.17, 15) is 9.46 Å². The lowest BCUT2D eigenvalue weighted by Gasteiger charge is -2.22. The molecule has 1 saturated heterocycles. The third kappa shape index (κ3) is 8.41. The minimum absolute atomic E-state index is 0.120. The first-order valence-corrected chi connectivity index (χ1v) is 10.0. The highest BCUT2D eigenvalue weighted by atomic mass is 31.2. The topological polar surface area (TPSA) is 58.6 Å². The van der Waals surface area contributed by atoms with Gasteiger partial charge in [0, 0.05) is 6.16 Å². The zero-order valence-electron chi connectivity index (χ0n) is 13.1. The van der Waals surface area contributed by atoms with Crippen LogP contribution in [-0.4, -0.2) is 30.2 Å². The third-order valence-corrected chi connectivity index (χ3v) is 5.75.